The number of nitrogens with one attached hydrogen (secondary N) is 1. The average molecular weight is 151 g/mol. The van der Waals surface area contributed by atoms with E-state index < -0.39 is 5.97 Å². The lowest BCUT2D eigenvalue weighted by Gasteiger charge is -2.04. The molecule has 0 bridgehead atoms. The lowest BCUT2D eigenvalue weighted by Crippen LogP contribution is -2.24. The molecule has 0 rings (SSSR count). The van der Waals surface area contributed by atoms with Gasteiger partial charge in [-0.1, -0.05) is 0 Å². The molecular formula is C4H9NO3S. The minimum absolute atomic E-state index is 0.203. The first-order valence-corrected chi connectivity index (χ1v) is 2.93. The first kappa shape index (κ1) is 8.74. The van der Waals surface area contributed by atoms with Crippen LogP contribution in [0.5, 0.6) is 0 Å². The van der Waals surface area contributed by atoms with Gasteiger partial charge >= 0.3 is 5.97 Å². The molecule has 0 radical (unpaired) electrons. The molecule has 0 saturated heterocycles. The Morgan fingerprint density at radius 2 is 2.56 bits per heavy atom. The van der Waals surface area contributed by atoms with Crippen LogP contribution in [-0.2, 0) is 9.63 Å². The fourth-order valence-corrected chi connectivity index (χ4v) is 0.299. The predicted molar refractivity (Wildman–Crippen MR) is 35.2 cm³/mol. The molecule has 0 saturated carbocycles. The quantitative estimate of drug-likeness (QED) is 0.297. The van der Waals surface area contributed by atoms with Gasteiger partial charge in [0.25, 0.3) is 0 Å². The van der Waals surface area contributed by atoms with E-state index in [0.29, 0.717) is 0 Å². The van der Waals surface area contributed by atoms with Gasteiger partial charge in [0.15, 0.2) is 0 Å². The van der Waals surface area contributed by atoms with Gasteiger partial charge in [-0.3, -0.25) is 9.63 Å². The Hall–Kier alpha value is -0.260. The van der Waals surface area contributed by atoms with Crippen LogP contribution in [0.25, 0.3) is 0 Å². The zero-order valence-corrected chi connectivity index (χ0v) is 5.89. The molecule has 0 aromatic rings. The maximum absolute atomic E-state index is 9.81. The van der Waals surface area contributed by atoms with Crippen LogP contribution in [0.3, 0.4) is 0 Å². The fraction of sp³-hybridized carbons (Fsp3) is 0.750. The average Bonchev–Trinajstić information content (AvgIpc) is 1.63. The standard InChI is InChI=1S/C4H9NO3S/c1-3(9)8-5-2-4(6)7/h3,5,9H,2H2,1H3,(H,6,7). The summed E-state index contributed by atoms with van der Waals surface area (Å²) in [6.07, 6.45) is 0. The summed E-state index contributed by atoms with van der Waals surface area (Å²) >= 11 is 3.82. The molecule has 0 aromatic carbocycles. The highest BCUT2D eigenvalue weighted by Gasteiger charge is 1.96. The second-order valence-corrected chi connectivity index (χ2v) is 2.16. The van der Waals surface area contributed by atoms with Crippen LogP contribution in [0.4, 0.5) is 0 Å². The molecule has 0 aliphatic heterocycles. The Balaban J connectivity index is 3.01. The summed E-state index contributed by atoms with van der Waals surface area (Å²) in [6.45, 7) is 1.48. The monoisotopic (exact) mass is 151 g/mol. The van der Waals surface area contributed by atoms with Gasteiger partial charge in [0.05, 0.1) is 0 Å². The first-order chi connectivity index (χ1) is 4.13. The third kappa shape index (κ3) is 7.74. The molecule has 1 atom stereocenters. The molecule has 2 N–H and O–H groups in total. The largest absolute Gasteiger partial charge is 0.480 e. The molecule has 0 amide bonds. The number of carboxylic acid groups (broad SMARTS) is 1. The van der Waals surface area contributed by atoms with E-state index in [4.69, 9.17) is 5.11 Å². The minimum Gasteiger partial charge on any atom is -0.480 e. The van der Waals surface area contributed by atoms with Crippen LogP contribution in [0, 0.1) is 0 Å². The van der Waals surface area contributed by atoms with Gasteiger partial charge in [0.2, 0.25) is 0 Å². The number of hydroxylamine groups is 1. The van der Waals surface area contributed by atoms with Crippen molar-refractivity contribution in [3.63, 3.8) is 0 Å². The van der Waals surface area contributed by atoms with Crippen LogP contribution in [0.1, 0.15) is 6.92 Å². The fourth-order valence-electron chi connectivity index (χ4n) is 0.224. The van der Waals surface area contributed by atoms with E-state index in [-0.39, 0.29) is 12.0 Å². The Morgan fingerprint density at radius 3 is 2.89 bits per heavy atom. The Bertz CT molecular complexity index is 95.8. The number of hydrogen-bond donors (Lipinski definition) is 3. The van der Waals surface area contributed by atoms with E-state index in [1.54, 1.807) is 6.92 Å². The molecule has 0 aromatic heterocycles. The van der Waals surface area contributed by atoms with Crippen LogP contribution < -0.4 is 5.48 Å². The summed E-state index contributed by atoms with van der Waals surface area (Å²) in [5.41, 5.74) is 1.92. The third-order valence-corrected chi connectivity index (χ3v) is 0.583. The van der Waals surface area contributed by atoms with Crippen molar-refractivity contribution in [1.82, 2.24) is 5.48 Å². The summed E-state index contributed by atoms with van der Waals surface area (Å²) in [4.78, 5) is 14.4. The van der Waals surface area contributed by atoms with Crippen molar-refractivity contribution >= 4 is 18.6 Å². The normalized spacial score (nSPS) is 13.1. The molecule has 0 spiro atoms. The zero-order valence-electron chi connectivity index (χ0n) is 5.00. The van der Waals surface area contributed by atoms with Crippen molar-refractivity contribution in [1.29, 1.82) is 0 Å². The summed E-state index contributed by atoms with van der Waals surface area (Å²) < 4.78 is 0. The number of aliphatic carboxylic acids is 1. The molecule has 1 unspecified atom stereocenters. The number of rotatable bonds is 4. The maximum Gasteiger partial charge on any atom is 0.319 e. The van der Waals surface area contributed by atoms with Gasteiger partial charge < -0.3 is 5.11 Å². The first-order valence-electron chi connectivity index (χ1n) is 2.41. The van der Waals surface area contributed by atoms with Crippen LogP contribution in [0.2, 0.25) is 0 Å². The zero-order chi connectivity index (χ0) is 7.28. The van der Waals surface area contributed by atoms with Crippen molar-refractivity contribution < 1.29 is 14.7 Å². The molecule has 5 heteroatoms. The summed E-state index contributed by atoms with van der Waals surface area (Å²) in [5, 5.41) is 8.06. The van der Waals surface area contributed by atoms with Gasteiger partial charge in [-0.15, -0.1) is 12.6 Å². The van der Waals surface area contributed by atoms with Gasteiger partial charge in [-0.2, -0.15) is 5.48 Å². The van der Waals surface area contributed by atoms with E-state index in [1.807, 2.05) is 0 Å². The van der Waals surface area contributed by atoms with Crippen molar-refractivity contribution in [2.75, 3.05) is 6.54 Å². The summed E-state index contributed by atoms with van der Waals surface area (Å²) in [6, 6.07) is 0. The number of carbonyl (C=O) groups is 1. The second kappa shape index (κ2) is 4.60. The molecule has 0 fully saturated rings. The lowest BCUT2D eigenvalue weighted by atomic mass is 10.7. The van der Waals surface area contributed by atoms with Gasteiger partial charge in [-0.25, -0.2) is 0 Å². The topological polar surface area (TPSA) is 58.6 Å². The maximum atomic E-state index is 9.81. The SMILES string of the molecule is CC(S)ONCC(=O)O. The third-order valence-electron chi connectivity index (χ3n) is 0.477. The van der Waals surface area contributed by atoms with E-state index in [9.17, 15) is 4.79 Å². The van der Waals surface area contributed by atoms with Gasteiger partial charge in [-0.05, 0) is 6.92 Å². The number of carboxylic acids is 1. The Morgan fingerprint density at radius 1 is 2.00 bits per heavy atom. The molecule has 54 valence electrons. The molecular weight excluding hydrogens is 142 g/mol. The summed E-state index contributed by atoms with van der Waals surface area (Å²) in [7, 11) is 0. The van der Waals surface area contributed by atoms with Crippen LogP contribution >= 0.6 is 12.6 Å². The predicted octanol–water partition coefficient (Wildman–Crippen LogP) is -0.132. The van der Waals surface area contributed by atoms with Crippen molar-refractivity contribution in [3.05, 3.63) is 0 Å². The Kier molecular flexibility index (Phi) is 4.47. The highest BCUT2D eigenvalue weighted by Crippen LogP contribution is 1.89. The minimum atomic E-state index is -0.955. The number of thiol groups is 1. The van der Waals surface area contributed by atoms with Crippen molar-refractivity contribution in [3.8, 4) is 0 Å². The second-order valence-electron chi connectivity index (χ2n) is 1.43. The Labute approximate surface area is 58.6 Å². The lowest BCUT2D eigenvalue weighted by molar-refractivity contribution is -0.138. The summed E-state index contributed by atoms with van der Waals surface area (Å²) in [5.74, 6) is -0.955. The molecule has 9 heavy (non-hydrogen) atoms. The van der Waals surface area contributed by atoms with Crippen LogP contribution in [0.15, 0.2) is 0 Å². The van der Waals surface area contributed by atoms with Gasteiger partial charge in [0.1, 0.15) is 12.0 Å². The highest BCUT2D eigenvalue weighted by atomic mass is 32.1. The molecule has 0 aliphatic rings. The van der Waals surface area contributed by atoms with Crippen LogP contribution in [-0.4, -0.2) is 23.1 Å². The molecule has 0 aliphatic carbocycles. The van der Waals surface area contributed by atoms with E-state index >= 15 is 0 Å². The van der Waals surface area contributed by atoms with Crippen molar-refractivity contribution in [2.24, 2.45) is 0 Å². The smallest absolute Gasteiger partial charge is 0.319 e. The molecule has 4 nitrogen and oxygen atoms in total. The van der Waals surface area contributed by atoms with E-state index in [0.717, 1.165) is 0 Å². The molecule has 0 heterocycles. The van der Waals surface area contributed by atoms with E-state index in [1.165, 1.54) is 0 Å². The van der Waals surface area contributed by atoms with Gasteiger partial charge in [0, 0.05) is 0 Å². The highest BCUT2D eigenvalue weighted by molar-refractivity contribution is 7.80. The van der Waals surface area contributed by atoms with Crippen molar-refractivity contribution in [2.45, 2.75) is 12.4 Å². The number of hydrogen-bond acceptors (Lipinski definition) is 4. The van der Waals surface area contributed by atoms with E-state index in [2.05, 4.69) is 22.9 Å².